The molecule has 0 radical (unpaired) electrons. The van der Waals surface area contributed by atoms with Crippen LogP contribution in [-0.4, -0.2) is 38.3 Å². The van der Waals surface area contributed by atoms with Crippen molar-refractivity contribution in [2.24, 2.45) is 0 Å². The first-order chi connectivity index (χ1) is 8.51. The molecule has 0 amide bonds. The Hall–Kier alpha value is -1.42. The number of anilines is 1. The smallest absolute Gasteiger partial charge is 0.162 e. The lowest BCUT2D eigenvalue weighted by Gasteiger charge is -2.39. The second-order valence-corrected chi connectivity index (χ2v) is 5.19. The van der Waals surface area contributed by atoms with Gasteiger partial charge in [-0.2, -0.15) is 0 Å². The van der Waals surface area contributed by atoms with E-state index in [0.717, 1.165) is 29.8 Å². The third kappa shape index (κ3) is 2.53. The zero-order valence-electron chi connectivity index (χ0n) is 11.6. The van der Waals surface area contributed by atoms with E-state index >= 15 is 0 Å². The molecule has 1 aliphatic rings. The number of benzene rings is 1. The molecular formula is C14H22N2O2. The first kappa shape index (κ1) is 13.0. The topological polar surface area (TPSA) is 47.7 Å². The summed E-state index contributed by atoms with van der Waals surface area (Å²) in [7, 11) is 5.85. The van der Waals surface area contributed by atoms with E-state index < -0.39 is 0 Å². The molecule has 1 aliphatic carbocycles. The minimum Gasteiger partial charge on any atom is -0.493 e. The summed E-state index contributed by atoms with van der Waals surface area (Å²) in [6.07, 6.45) is 2.42. The summed E-state index contributed by atoms with van der Waals surface area (Å²) in [5, 5.41) is 0. The molecule has 0 aromatic heterocycles. The summed E-state index contributed by atoms with van der Waals surface area (Å²) < 4.78 is 11.3. The Morgan fingerprint density at radius 2 is 1.89 bits per heavy atom. The van der Waals surface area contributed by atoms with Gasteiger partial charge in [-0.05, 0) is 45.5 Å². The Bertz CT molecular complexity index is 426. The summed E-state index contributed by atoms with van der Waals surface area (Å²) in [4.78, 5) is 2.24. The van der Waals surface area contributed by atoms with Crippen LogP contribution in [0.5, 0.6) is 11.5 Å². The average molecular weight is 250 g/mol. The summed E-state index contributed by atoms with van der Waals surface area (Å²) in [6.45, 7) is 1.98. The molecular weight excluding hydrogens is 228 g/mol. The monoisotopic (exact) mass is 250 g/mol. The number of nitrogens with zero attached hydrogens (tertiary/aromatic N) is 1. The van der Waals surface area contributed by atoms with E-state index in [0.29, 0.717) is 11.8 Å². The molecule has 2 N–H and O–H groups in total. The molecule has 0 spiro atoms. The molecule has 18 heavy (non-hydrogen) atoms. The van der Waals surface area contributed by atoms with Crippen molar-refractivity contribution in [3.05, 3.63) is 17.7 Å². The zero-order valence-corrected chi connectivity index (χ0v) is 11.6. The fourth-order valence-electron chi connectivity index (χ4n) is 2.16. The van der Waals surface area contributed by atoms with Gasteiger partial charge in [0.2, 0.25) is 0 Å². The number of hydrogen-bond donors (Lipinski definition) is 1. The van der Waals surface area contributed by atoms with Gasteiger partial charge in [0.1, 0.15) is 6.10 Å². The van der Waals surface area contributed by atoms with Crippen molar-refractivity contribution in [2.75, 3.05) is 26.9 Å². The number of nitrogen functional groups attached to an aromatic ring is 1. The van der Waals surface area contributed by atoms with Gasteiger partial charge in [0.15, 0.2) is 11.5 Å². The molecule has 4 nitrogen and oxygen atoms in total. The van der Waals surface area contributed by atoms with E-state index in [1.165, 1.54) is 0 Å². The Morgan fingerprint density at radius 3 is 2.44 bits per heavy atom. The molecule has 0 heterocycles. The van der Waals surface area contributed by atoms with Crippen molar-refractivity contribution in [2.45, 2.75) is 31.9 Å². The van der Waals surface area contributed by atoms with Crippen molar-refractivity contribution in [3.63, 3.8) is 0 Å². The number of hydrogen-bond acceptors (Lipinski definition) is 4. The highest BCUT2D eigenvalue weighted by Crippen LogP contribution is 2.36. The van der Waals surface area contributed by atoms with Crippen LogP contribution in [0.2, 0.25) is 0 Å². The summed E-state index contributed by atoms with van der Waals surface area (Å²) >= 11 is 0. The van der Waals surface area contributed by atoms with Crippen molar-refractivity contribution in [1.82, 2.24) is 4.90 Å². The molecule has 0 bridgehead atoms. The number of aryl methyl sites for hydroxylation is 1. The largest absolute Gasteiger partial charge is 0.493 e. The van der Waals surface area contributed by atoms with Gasteiger partial charge in [-0.15, -0.1) is 0 Å². The number of rotatable bonds is 4. The van der Waals surface area contributed by atoms with Gasteiger partial charge in [0.25, 0.3) is 0 Å². The third-order valence-corrected chi connectivity index (χ3v) is 3.65. The molecule has 0 aliphatic heterocycles. The SMILES string of the molecule is COc1cc(N)c(C)cc1OC1CC(N(C)C)C1. The van der Waals surface area contributed by atoms with Crippen LogP contribution in [0.3, 0.4) is 0 Å². The third-order valence-electron chi connectivity index (χ3n) is 3.65. The minimum absolute atomic E-state index is 0.286. The van der Waals surface area contributed by atoms with Gasteiger partial charge in [-0.25, -0.2) is 0 Å². The summed E-state index contributed by atoms with van der Waals surface area (Å²) in [5.74, 6) is 1.51. The molecule has 0 unspecified atom stereocenters. The van der Waals surface area contributed by atoms with Crippen molar-refractivity contribution in [3.8, 4) is 11.5 Å². The van der Waals surface area contributed by atoms with E-state index in [1.807, 2.05) is 19.1 Å². The fraction of sp³-hybridized carbons (Fsp3) is 0.571. The zero-order chi connectivity index (χ0) is 13.3. The molecule has 2 rings (SSSR count). The summed E-state index contributed by atoms with van der Waals surface area (Å²) in [6, 6.07) is 4.42. The highest BCUT2D eigenvalue weighted by molar-refractivity contribution is 5.57. The van der Waals surface area contributed by atoms with Gasteiger partial charge in [-0.3, -0.25) is 0 Å². The lowest BCUT2D eigenvalue weighted by atomic mass is 9.88. The van der Waals surface area contributed by atoms with Crippen LogP contribution < -0.4 is 15.2 Å². The average Bonchev–Trinajstić information content (AvgIpc) is 2.26. The van der Waals surface area contributed by atoms with Crippen molar-refractivity contribution in [1.29, 1.82) is 0 Å². The lowest BCUT2D eigenvalue weighted by Crippen LogP contribution is -2.46. The molecule has 0 atom stereocenters. The Labute approximate surface area is 109 Å². The van der Waals surface area contributed by atoms with E-state index in [4.69, 9.17) is 15.2 Å². The minimum atomic E-state index is 0.286. The standard InChI is InChI=1S/C14H22N2O2/c1-9-5-14(13(17-4)8-12(9)15)18-11-6-10(7-11)16(2)3/h5,8,10-11H,6-7,15H2,1-4H3. The maximum atomic E-state index is 5.98. The van der Waals surface area contributed by atoms with E-state index in [9.17, 15) is 0 Å². The van der Waals surface area contributed by atoms with E-state index in [2.05, 4.69) is 19.0 Å². The van der Waals surface area contributed by atoms with Crippen LogP contribution in [0.25, 0.3) is 0 Å². The van der Waals surface area contributed by atoms with E-state index in [1.54, 1.807) is 7.11 Å². The maximum Gasteiger partial charge on any atom is 0.162 e. The molecule has 100 valence electrons. The number of methoxy groups -OCH3 is 1. The van der Waals surface area contributed by atoms with Crippen LogP contribution in [0.15, 0.2) is 12.1 Å². The Morgan fingerprint density at radius 1 is 1.22 bits per heavy atom. The second kappa shape index (κ2) is 5.06. The molecule has 1 saturated carbocycles. The first-order valence-corrected chi connectivity index (χ1v) is 6.28. The van der Waals surface area contributed by atoms with Gasteiger partial charge >= 0.3 is 0 Å². The predicted molar refractivity (Wildman–Crippen MR) is 73.3 cm³/mol. The van der Waals surface area contributed by atoms with Crippen molar-refractivity contribution < 1.29 is 9.47 Å². The normalized spacial score (nSPS) is 22.7. The number of nitrogens with two attached hydrogens (primary N) is 1. The van der Waals surface area contributed by atoms with Gasteiger partial charge in [0, 0.05) is 17.8 Å². The maximum absolute atomic E-state index is 5.98. The molecule has 1 fully saturated rings. The molecule has 0 saturated heterocycles. The quantitative estimate of drug-likeness (QED) is 0.831. The van der Waals surface area contributed by atoms with Gasteiger partial charge in [-0.1, -0.05) is 0 Å². The first-order valence-electron chi connectivity index (χ1n) is 6.28. The fourth-order valence-corrected chi connectivity index (χ4v) is 2.16. The van der Waals surface area contributed by atoms with Crippen LogP contribution in [0, 0.1) is 6.92 Å². The van der Waals surface area contributed by atoms with Gasteiger partial charge < -0.3 is 20.1 Å². The van der Waals surface area contributed by atoms with Crippen LogP contribution in [-0.2, 0) is 0 Å². The second-order valence-electron chi connectivity index (χ2n) is 5.19. The van der Waals surface area contributed by atoms with Crippen LogP contribution >= 0.6 is 0 Å². The van der Waals surface area contributed by atoms with Crippen LogP contribution in [0.4, 0.5) is 5.69 Å². The molecule has 1 aromatic rings. The summed E-state index contributed by atoms with van der Waals surface area (Å²) in [5.41, 5.74) is 7.62. The molecule has 1 aromatic carbocycles. The highest BCUT2D eigenvalue weighted by Gasteiger charge is 2.32. The Balaban J connectivity index is 2.04. The van der Waals surface area contributed by atoms with Crippen molar-refractivity contribution >= 4 is 5.69 Å². The van der Waals surface area contributed by atoms with Gasteiger partial charge in [0.05, 0.1) is 7.11 Å². The lowest BCUT2D eigenvalue weighted by molar-refractivity contribution is 0.0383. The van der Waals surface area contributed by atoms with E-state index in [-0.39, 0.29) is 6.10 Å². The van der Waals surface area contributed by atoms with Crippen LogP contribution in [0.1, 0.15) is 18.4 Å². The molecule has 4 heteroatoms. The Kier molecular flexibility index (Phi) is 3.66. The predicted octanol–water partition coefficient (Wildman–Crippen LogP) is 2.06. The number of ether oxygens (including phenoxy) is 2. The highest BCUT2D eigenvalue weighted by atomic mass is 16.5.